The lowest BCUT2D eigenvalue weighted by Crippen LogP contribution is -2.14. The van der Waals surface area contributed by atoms with Crippen molar-refractivity contribution in [3.05, 3.63) is 41.5 Å². The third-order valence-corrected chi connectivity index (χ3v) is 2.12. The number of aromatic nitrogens is 3. The van der Waals surface area contributed by atoms with E-state index < -0.39 is 29.0 Å². The minimum atomic E-state index is -1.65. The molecule has 0 bridgehead atoms. The molecule has 18 heavy (non-hydrogen) atoms. The van der Waals surface area contributed by atoms with Crippen molar-refractivity contribution in [3.63, 3.8) is 0 Å². The topological polar surface area (TPSA) is 59.8 Å². The van der Waals surface area contributed by atoms with Crippen LogP contribution in [0.5, 0.6) is 0 Å². The van der Waals surface area contributed by atoms with Crippen LogP contribution in [0.3, 0.4) is 0 Å². The van der Waals surface area contributed by atoms with E-state index in [0.29, 0.717) is 6.07 Å². The van der Waals surface area contributed by atoms with Crippen molar-refractivity contribution < 1.29 is 18.0 Å². The van der Waals surface area contributed by atoms with Crippen LogP contribution >= 0.6 is 0 Å². The fraction of sp³-hybridized carbons (Fsp3) is 0.100. The molecule has 1 aromatic carbocycles. The van der Waals surface area contributed by atoms with Gasteiger partial charge in [-0.25, -0.2) is 13.2 Å². The normalized spacial score (nSPS) is 10.4. The zero-order chi connectivity index (χ0) is 13.3. The molecule has 0 aliphatic rings. The van der Waals surface area contributed by atoms with E-state index in [4.69, 9.17) is 0 Å². The first-order valence-corrected chi connectivity index (χ1v) is 4.80. The molecule has 0 saturated carbocycles. The van der Waals surface area contributed by atoms with Gasteiger partial charge in [-0.2, -0.15) is 9.90 Å². The summed E-state index contributed by atoms with van der Waals surface area (Å²) in [6.45, 7) is 0. The molecule has 2 rings (SSSR count). The first kappa shape index (κ1) is 12.1. The molecule has 2 aromatic rings. The van der Waals surface area contributed by atoms with Gasteiger partial charge in [0.1, 0.15) is 0 Å². The number of nitrogens with zero attached hydrogens (tertiary/aromatic N) is 3. The zero-order valence-electron chi connectivity index (χ0n) is 9.12. The molecule has 0 aliphatic carbocycles. The second-order valence-electron chi connectivity index (χ2n) is 3.40. The van der Waals surface area contributed by atoms with Crippen molar-refractivity contribution in [1.82, 2.24) is 15.0 Å². The number of amides is 1. The summed E-state index contributed by atoms with van der Waals surface area (Å²) in [5.41, 5.74) is -0.536. The Bertz CT molecular complexity index is 611. The van der Waals surface area contributed by atoms with Crippen LogP contribution in [0.15, 0.2) is 18.3 Å². The number of nitrogens with one attached hydrogen (secondary N) is 1. The molecule has 1 heterocycles. The number of anilines is 1. The quantitative estimate of drug-likeness (QED) is 0.828. The molecule has 5 nitrogen and oxygen atoms in total. The Morgan fingerprint density at radius 1 is 1.28 bits per heavy atom. The Kier molecular flexibility index (Phi) is 3.00. The third kappa shape index (κ3) is 2.17. The molecule has 8 heteroatoms. The minimum absolute atomic E-state index is 0.0679. The summed E-state index contributed by atoms with van der Waals surface area (Å²) < 4.78 is 38.9. The van der Waals surface area contributed by atoms with Crippen LogP contribution in [0, 0.1) is 17.5 Å². The van der Waals surface area contributed by atoms with Crippen molar-refractivity contribution in [2.45, 2.75) is 0 Å². The minimum Gasteiger partial charge on any atom is -0.318 e. The van der Waals surface area contributed by atoms with Gasteiger partial charge in [-0.05, 0) is 12.1 Å². The van der Waals surface area contributed by atoms with Gasteiger partial charge in [0.05, 0.1) is 11.9 Å². The Balaban J connectivity index is 2.25. The largest absolute Gasteiger partial charge is 0.318 e. The molecule has 1 N–H and O–H groups in total. The van der Waals surface area contributed by atoms with E-state index in [1.165, 1.54) is 7.05 Å². The second-order valence-corrected chi connectivity index (χ2v) is 3.40. The first-order chi connectivity index (χ1) is 8.49. The third-order valence-electron chi connectivity index (χ3n) is 2.12. The second kappa shape index (κ2) is 4.47. The highest BCUT2D eigenvalue weighted by Crippen LogP contribution is 2.19. The molecule has 0 saturated heterocycles. The van der Waals surface area contributed by atoms with E-state index in [2.05, 4.69) is 15.5 Å². The van der Waals surface area contributed by atoms with Crippen molar-refractivity contribution >= 4 is 11.6 Å². The van der Waals surface area contributed by atoms with Gasteiger partial charge < -0.3 is 5.32 Å². The van der Waals surface area contributed by atoms with E-state index in [9.17, 15) is 18.0 Å². The molecule has 1 amide bonds. The lowest BCUT2D eigenvalue weighted by molar-refractivity contribution is 0.102. The lowest BCUT2D eigenvalue weighted by Gasteiger charge is -2.05. The van der Waals surface area contributed by atoms with Gasteiger partial charge >= 0.3 is 0 Å². The number of carbonyl (C=O) groups is 1. The number of carbonyl (C=O) groups excluding carboxylic acids is 1. The van der Waals surface area contributed by atoms with Crippen LogP contribution in [0.25, 0.3) is 0 Å². The summed E-state index contributed by atoms with van der Waals surface area (Å²) >= 11 is 0. The molecular formula is C10H7F3N4O. The highest BCUT2D eigenvalue weighted by atomic mass is 19.2. The van der Waals surface area contributed by atoms with Crippen LogP contribution in [0.4, 0.5) is 18.9 Å². The summed E-state index contributed by atoms with van der Waals surface area (Å²) in [5, 5.41) is 9.40. The molecule has 0 aliphatic heterocycles. The molecule has 0 atom stereocenters. The van der Waals surface area contributed by atoms with Crippen molar-refractivity contribution in [1.29, 1.82) is 0 Å². The first-order valence-electron chi connectivity index (χ1n) is 4.80. The number of hydrogen-bond donors (Lipinski definition) is 1. The van der Waals surface area contributed by atoms with E-state index in [0.717, 1.165) is 17.1 Å². The monoisotopic (exact) mass is 256 g/mol. The number of benzene rings is 1. The Morgan fingerprint density at radius 2 is 2.00 bits per heavy atom. The van der Waals surface area contributed by atoms with Gasteiger partial charge in [-0.3, -0.25) is 4.79 Å². The standard InChI is InChI=1S/C10H7F3N4O/c1-17-14-4-7(16-17)10(18)15-6-3-2-5(11)8(12)9(6)13/h2-4H,1H3,(H,15,18). The highest BCUT2D eigenvalue weighted by Gasteiger charge is 2.17. The molecule has 0 spiro atoms. The summed E-state index contributed by atoms with van der Waals surface area (Å²) in [4.78, 5) is 12.7. The average molecular weight is 256 g/mol. The number of aryl methyl sites for hydroxylation is 1. The van der Waals surface area contributed by atoms with Crippen LogP contribution in [-0.2, 0) is 7.05 Å². The molecule has 94 valence electrons. The van der Waals surface area contributed by atoms with Gasteiger partial charge in [0.2, 0.25) is 0 Å². The molecule has 0 unspecified atom stereocenters. The highest BCUT2D eigenvalue weighted by molar-refractivity contribution is 6.02. The summed E-state index contributed by atoms with van der Waals surface area (Å²) in [5.74, 6) is -5.21. The summed E-state index contributed by atoms with van der Waals surface area (Å²) in [6, 6.07) is 1.63. The number of rotatable bonds is 2. The Morgan fingerprint density at radius 3 is 2.61 bits per heavy atom. The van der Waals surface area contributed by atoms with Crippen LogP contribution < -0.4 is 5.32 Å². The Hall–Kier alpha value is -2.38. The van der Waals surface area contributed by atoms with Crippen molar-refractivity contribution in [2.24, 2.45) is 7.05 Å². The maximum atomic E-state index is 13.3. The van der Waals surface area contributed by atoms with E-state index >= 15 is 0 Å². The smallest absolute Gasteiger partial charge is 0.277 e. The fourth-order valence-electron chi connectivity index (χ4n) is 1.26. The van der Waals surface area contributed by atoms with Crippen LogP contribution in [0.2, 0.25) is 0 Å². The van der Waals surface area contributed by atoms with Gasteiger partial charge in [0, 0.05) is 7.05 Å². The average Bonchev–Trinajstić information content (AvgIpc) is 2.77. The lowest BCUT2D eigenvalue weighted by atomic mass is 10.2. The van der Waals surface area contributed by atoms with Crippen molar-refractivity contribution in [3.8, 4) is 0 Å². The van der Waals surface area contributed by atoms with Gasteiger partial charge in [0.25, 0.3) is 5.91 Å². The Labute approximate surface area is 99.2 Å². The van der Waals surface area contributed by atoms with Crippen LogP contribution in [0.1, 0.15) is 10.5 Å². The summed E-state index contributed by atoms with van der Waals surface area (Å²) in [6.07, 6.45) is 1.16. The maximum Gasteiger partial charge on any atom is 0.277 e. The molecular weight excluding hydrogens is 249 g/mol. The number of hydrogen-bond acceptors (Lipinski definition) is 3. The molecule has 0 radical (unpaired) electrons. The molecule has 1 aromatic heterocycles. The predicted molar refractivity (Wildman–Crippen MR) is 55.3 cm³/mol. The SMILES string of the molecule is Cn1ncc(C(=O)Nc2ccc(F)c(F)c2F)n1. The maximum absolute atomic E-state index is 13.3. The molecule has 0 fully saturated rings. The summed E-state index contributed by atoms with van der Waals surface area (Å²) in [7, 11) is 1.49. The zero-order valence-corrected chi connectivity index (χ0v) is 9.12. The van der Waals surface area contributed by atoms with Crippen LogP contribution in [-0.4, -0.2) is 20.9 Å². The van der Waals surface area contributed by atoms with E-state index in [-0.39, 0.29) is 5.69 Å². The van der Waals surface area contributed by atoms with Gasteiger partial charge in [0.15, 0.2) is 23.1 Å². The van der Waals surface area contributed by atoms with E-state index in [1.807, 2.05) is 0 Å². The fourth-order valence-corrected chi connectivity index (χ4v) is 1.26. The van der Waals surface area contributed by atoms with Crippen molar-refractivity contribution in [2.75, 3.05) is 5.32 Å². The predicted octanol–water partition coefficient (Wildman–Crippen LogP) is 1.48. The van der Waals surface area contributed by atoms with Gasteiger partial charge in [-0.1, -0.05) is 0 Å². The van der Waals surface area contributed by atoms with Gasteiger partial charge in [-0.15, -0.1) is 5.10 Å². The number of halogens is 3. The van der Waals surface area contributed by atoms with E-state index in [1.54, 1.807) is 0 Å².